The van der Waals surface area contributed by atoms with Gasteiger partial charge in [-0.2, -0.15) is 0 Å². The first-order valence-electron chi connectivity index (χ1n) is 6.47. The second kappa shape index (κ2) is 3.79. The molecular formula is C18H12O. The van der Waals surface area contributed by atoms with E-state index in [0.29, 0.717) is 6.42 Å². The number of ketones is 1. The summed E-state index contributed by atoms with van der Waals surface area (Å²) < 4.78 is 0. The Kier molecular flexibility index (Phi) is 2.10. The Hall–Kier alpha value is -2.41. The first-order chi connectivity index (χ1) is 9.31. The van der Waals surface area contributed by atoms with Crippen molar-refractivity contribution in [2.45, 2.75) is 6.42 Å². The summed E-state index contributed by atoms with van der Waals surface area (Å²) in [4.78, 5) is 11.5. The van der Waals surface area contributed by atoms with Gasteiger partial charge >= 0.3 is 0 Å². The fourth-order valence-electron chi connectivity index (χ4n) is 2.83. The molecule has 0 aromatic heterocycles. The van der Waals surface area contributed by atoms with Gasteiger partial charge in [-0.1, -0.05) is 42.5 Å². The SMILES string of the molecule is O=C1C=c2cc3ccc4ccccc4c3cc2=CC1. The van der Waals surface area contributed by atoms with Gasteiger partial charge in [0.1, 0.15) is 0 Å². The van der Waals surface area contributed by atoms with Crippen LogP contribution in [0.2, 0.25) is 0 Å². The fourth-order valence-corrected chi connectivity index (χ4v) is 2.83. The minimum absolute atomic E-state index is 0.188. The molecule has 19 heavy (non-hydrogen) atoms. The molecular weight excluding hydrogens is 232 g/mol. The first kappa shape index (κ1) is 10.5. The van der Waals surface area contributed by atoms with Gasteiger partial charge < -0.3 is 0 Å². The molecule has 0 saturated heterocycles. The van der Waals surface area contributed by atoms with Crippen LogP contribution in [-0.4, -0.2) is 5.78 Å². The zero-order valence-corrected chi connectivity index (χ0v) is 10.4. The van der Waals surface area contributed by atoms with E-state index in [0.717, 1.165) is 5.22 Å². The Morgan fingerprint density at radius 3 is 2.58 bits per heavy atom. The van der Waals surface area contributed by atoms with Gasteiger partial charge in [-0.3, -0.25) is 4.79 Å². The molecule has 1 aliphatic carbocycles. The predicted octanol–water partition coefficient (Wildman–Crippen LogP) is 2.53. The molecule has 0 amide bonds. The maximum Gasteiger partial charge on any atom is 0.160 e. The molecule has 0 N–H and O–H groups in total. The zero-order valence-electron chi connectivity index (χ0n) is 10.4. The number of rotatable bonds is 0. The van der Waals surface area contributed by atoms with E-state index >= 15 is 0 Å². The van der Waals surface area contributed by atoms with Crippen LogP contribution in [0.25, 0.3) is 33.7 Å². The molecule has 90 valence electrons. The van der Waals surface area contributed by atoms with Gasteiger partial charge in [0.15, 0.2) is 5.78 Å². The van der Waals surface area contributed by atoms with Crippen molar-refractivity contribution in [2.24, 2.45) is 0 Å². The summed E-state index contributed by atoms with van der Waals surface area (Å²) in [7, 11) is 0. The van der Waals surface area contributed by atoms with E-state index < -0.39 is 0 Å². The Bertz CT molecular complexity index is 948. The number of hydrogen-bond acceptors (Lipinski definition) is 1. The lowest BCUT2D eigenvalue weighted by atomic mass is 9.98. The molecule has 1 nitrogen and oxygen atoms in total. The largest absolute Gasteiger partial charge is 0.294 e. The Balaban J connectivity index is 2.23. The molecule has 0 radical (unpaired) electrons. The molecule has 3 aromatic carbocycles. The molecule has 1 aliphatic rings. The highest BCUT2D eigenvalue weighted by Gasteiger charge is 2.05. The van der Waals surface area contributed by atoms with Crippen molar-refractivity contribution in [1.29, 1.82) is 0 Å². The highest BCUT2D eigenvalue weighted by molar-refractivity contribution is 6.11. The number of carbonyl (C=O) groups is 1. The summed E-state index contributed by atoms with van der Waals surface area (Å²) in [6.45, 7) is 0. The maximum atomic E-state index is 11.5. The van der Waals surface area contributed by atoms with E-state index in [1.807, 2.05) is 6.08 Å². The third kappa shape index (κ3) is 1.59. The standard InChI is InChI=1S/C18H12O/c19-16-8-7-13-11-18-14(9-15(13)10-16)6-5-12-3-1-2-4-17(12)18/h1-7,9-11H,8H2. The van der Waals surface area contributed by atoms with Gasteiger partial charge in [-0.15, -0.1) is 0 Å². The summed E-state index contributed by atoms with van der Waals surface area (Å²) in [5, 5.41) is 7.19. The summed E-state index contributed by atoms with van der Waals surface area (Å²) >= 11 is 0. The number of Topliss-reactive ketones (excluding diaryl/α,β-unsaturated/α-hetero) is 1. The van der Waals surface area contributed by atoms with Crippen molar-refractivity contribution in [1.82, 2.24) is 0 Å². The second-order valence-corrected chi connectivity index (χ2v) is 5.01. The number of carbonyl (C=O) groups excluding carboxylic acids is 1. The summed E-state index contributed by atoms with van der Waals surface area (Å²) in [6, 6.07) is 17.0. The summed E-state index contributed by atoms with van der Waals surface area (Å²) in [5.41, 5.74) is 0. The molecule has 0 saturated carbocycles. The van der Waals surface area contributed by atoms with Gasteiger partial charge in [-0.25, -0.2) is 0 Å². The van der Waals surface area contributed by atoms with Crippen LogP contribution in [-0.2, 0) is 4.79 Å². The van der Waals surface area contributed by atoms with Crippen LogP contribution in [0.1, 0.15) is 6.42 Å². The van der Waals surface area contributed by atoms with E-state index in [-0.39, 0.29) is 5.78 Å². The molecule has 0 aliphatic heterocycles. The van der Waals surface area contributed by atoms with Crippen LogP contribution < -0.4 is 10.4 Å². The molecule has 0 atom stereocenters. The summed E-state index contributed by atoms with van der Waals surface area (Å²) in [6.07, 6.45) is 4.30. The molecule has 4 rings (SSSR count). The monoisotopic (exact) mass is 244 g/mol. The van der Waals surface area contributed by atoms with Crippen molar-refractivity contribution >= 4 is 39.5 Å². The van der Waals surface area contributed by atoms with Gasteiger partial charge in [-0.05, 0) is 50.2 Å². The topological polar surface area (TPSA) is 17.1 Å². The van der Waals surface area contributed by atoms with E-state index in [1.54, 1.807) is 6.08 Å². The van der Waals surface area contributed by atoms with Gasteiger partial charge in [0.25, 0.3) is 0 Å². The zero-order chi connectivity index (χ0) is 12.8. The molecule has 0 spiro atoms. The number of hydrogen-bond donors (Lipinski definition) is 0. The van der Waals surface area contributed by atoms with Gasteiger partial charge in [0, 0.05) is 6.42 Å². The highest BCUT2D eigenvalue weighted by Crippen LogP contribution is 2.23. The molecule has 3 aromatic rings. The van der Waals surface area contributed by atoms with E-state index in [4.69, 9.17) is 0 Å². The lowest BCUT2D eigenvalue weighted by molar-refractivity contribution is -0.112. The van der Waals surface area contributed by atoms with Crippen LogP contribution >= 0.6 is 0 Å². The van der Waals surface area contributed by atoms with Crippen LogP contribution in [0.5, 0.6) is 0 Å². The predicted molar refractivity (Wildman–Crippen MR) is 79.3 cm³/mol. The van der Waals surface area contributed by atoms with Crippen molar-refractivity contribution in [3.63, 3.8) is 0 Å². The quantitative estimate of drug-likeness (QED) is 0.555. The number of fused-ring (bicyclic) bond motifs is 4. The molecule has 0 fully saturated rings. The van der Waals surface area contributed by atoms with Crippen molar-refractivity contribution in [3.8, 4) is 0 Å². The van der Waals surface area contributed by atoms with Gasteiger partial charge in [0.05, 0.1) is 0 Å². The third-order valence-electron chi connectivity index (χ3n) is 3.79. The van der Waals surface area contributed by atoms with Crippen LogP contribution in [0.4, 0.5) is 0 Å². The second-order valence-electron chi connectivity index (χ2n) is 5.01. The molecule has 0 unspecified atom stereocenters. The molecule has 0 bridgehead atoms. The van der Waals surface area contributed by atoms with Crippen molar-refractivity contribution in [2.75, 3.05) is 0 Å². The van der Waals surface area contributed by atoms with E-state index in [1.165, 1.54) is 26.8 Å². The van der Waals surface area contributed by atoms with Crippen LogP contribution in [0, 0.1) is 0 Å². The van der Waals surface area contributed by atoms with Crippen LogP contribution in [0.3, 0.4) is 0 Å². The fraction of sp³-hybridized carbons (Fsp3) is 0.0556. The first-order valence-corrected chi connectivity index (χ1v) is 6.47. The van der Waals surface area contributed by atoms with Crippen molar-refractivity contribution in [3.05, 3.63) is 59.0 Å². The Labute approximate surface area is 110 Å². The van der Waals surface area contributed by atoms with Gasteiger partial charge in [0.2, 0.25) is 0 Å². The normalized spacial score (nSPS) is 14.0. The summed E-state index contributed by atoms with van der Waals surface area (Å²) in [5.74, 6) is 0.188. The van der Waals surface area contributed by atoms with E-state index in [9.17, 15) is 4.79 Å². The third-order valence-corrected chi connectivity index (χ3v) is 3.79. The lowest BCUT2D eigenvalue weighted by Crippen LogP contribution is -2.28. The Morgan fingerprint density at radius 1 is 0.789 bits per heavy atom. The lowest BCUT2D eigenvalue weighted by Gasteiger charge is -2.06. The Morgan fingerprint density at radius 2 is 1.63 bits per heavy atom. The van der Waals surface area contributed by atoms with Crippen LogP contribution in [0.15, 0.2) is 48.5 Å². The minimum Gasteiger partial charge on any atom is -0.294 e. The van der Waals surface area contributed by atoms with E-state index in [2.05, 4.69) is 48.5 Å². The molecule has 1 heteroatoms. The highest BCUT2D eigenvalue weighted by atomic mass is 16.1. The average Bonchev–Trinajstić information content (AvgIpc) is 2.45. The van der Waals surface area contributed by atoms with Crippen molar-refractivity contribution < 1.29 is 4.79 Å². The maximum absolute atomic E-state index is 11.5. The number of benzene rings is 3. The average molecular weight is 244 g/mol. The minimum atomic E-state index is 0.188. The molecule has 0 heterocycles. The smallest absolute Gasteiger partial charge is 0.160 e.